The van der Waals surface area contributed by atoms with Crippen molar-refractivity contribution in [3.63, 3.8) is 0 Å². The molecule has 1 aromatic rings. The van der Waals surface area contributed by atoms with Gasteiger partial charge in [0, 0.05) is 32.5 Å². The Hall–Kier alpha value is -1.62. The molecule has 5 heteroatoms. The fourth-order valence-electron chi connectivity index (χ4n) is 1.26. The standard InChI is InChI=1S/C12H20N4O/c1-9(7-13)8-15-10-4-5-14-11(6-10)12(17)16(2)3/h4-6,9H,7-8,13H2,1-3H3,(H,14,15). The molecule has 1 heterocycles. The Morgan fingerprint density at radius 1 is 1.59 bits per heavy atom. The zero-order valence-corrected chi connectivity index (χ0v) is 10.6. The van der Waals surface area contributed by atoms with Gasteiger partial charge in [-0.05, 0) is 24.6 Å². The van der Waals surface area contributed by atoms with Crippen LogP contribution in [0.15, 0.2) is 18.3 Å². The van der Waals surface area contributed by atoms with Crippen LogP contribution in [0.2, 0.25) is 0 Å². The van der Waals surface area contributed by atoms with Gasteiger partial charge in [-0.2, -0.15) is 0 Å². The lowest BCUT2D eigenvalue weighted by Gasteiger charge is -2.13. The van der Waals surface area contributed by atoms with Gasteiger partial charge in [-0.3, -0.25) is 9.78 Å². The molecule has 3 N–H and O–H groups in total. The minimum absolute atomic E-state index is 0.0967. The van der Waals surface area contributed by atoms with Crippen LogP contribution in [0.5, 0.6) is 0 Å². The van der Waals surface area contributed by atoms with Gasteiger partial charge in [0.1, 0.15) is 5.69 Å². The van der Waals surface area contributed by atoms with E-state index >= 15 is 0 Å². The lowest BCUT2D eigenvalue weighted by molar-refractivity contribution is 0.0822. The molecule has 1 unspecified atom stereocenters. The Morgan fingerprint density at radius 3 is 2.88 bits per heavy atom. The van der Waals surface area contributed by atoms with E-state index in [1.807, 2.05) is 6.07 Å². The number of aromatic nitrogens is 1. The number of hydrogen-bond donors (Lipinski definition) is 2. The normalized spacial score (nSPS) is 12.0. The third-order valence-electron chi connectivity index (χ3n) is 2.44. The van der Waals surface area contributed by atoms with E-state index in [2.05, 4.69) is 17.2 Å². The van der Waals surface area contributed by atoms with Gasteiger partial charge in [0.15, 0.2) is 0 Å². The van der Waals surface area contributed by atoms with E-state index in [0.29, 0.717) is 18.2 Å². The van der Waals surface area contributed by atoms with Crippen molar-refractivity contribution in [3.05, 3.63) is 24.0 Å². The fourth-order valence-corrected chi connectivity index (χ4v) is 1.26. The summed E-state index contributed by atoms with van der Waals surface area (Å²) >= 11 is 0. The van der Waals surface area contributed by atoms with Crippen molar-refractivity contribution in [2.75, 3.05) is 32.5 Å². The second-order valence-electron chi connectivity index (χ2n) is 4.35. The number of hydrogen-bond acceptors (Lipinski definition) is 4. The van der Waals surface area contributed by atoms with Crippen LogP contribution in [0, 0.1) is 5.92 Å². The second kappa shape index (κ2) is 6.20. The summed E-state index contributed by atoms with van der Waals surface area (Å²) in [6, 6.07) is 3.60. The summed E-state index contributed by atoms with van der Waals surface area (Å²) in [5, 5.41) is 3.24. The first-order valence-electron chi connectivity index (χ1n) is 5.66. The molecular weight excluding hydrogens is 216 g/mol. The highest BCUT2D eigenvalue weighted by Gasteiger charge is 2.09. The number of anilines is 1. The fraction of sp³-hybridized carbons (Fsp3) is 0.500. The Morgan fingerprint density at radius 2 is 2.29 bits per heavy atom. The van der Waals surface area contributed by atoms with Crippen molar-refractivity contribution in [2.24, 2.45) is 11.7 Å². The maximum Gasteiger partial charge on any atom is 0.272 e. The van der Waals surface area contributed by atoms with Crippen LogP contribution in [0.1, 0.15) is 17.4 Å². The first-order valence-corrected chi connectivity index (χ1v) is 5.66. The van der Waals surface area contributed by atoms with Crippen LogP contribution in [0.4, 0.5) is 5.69 Å². The van der Waals surface area contributed by atoms with Crippen molar-refractivity contribution < 1.29 is 4.79 Å². The number of rotatable bonds is 5. The molecule has 5 nitrogen and oxygen atoms in total. The number of carbonyl (C=O) groups excluding carboxylic acids is 1. The zero-order valence-electron chi connectivity index (χ0n) is 10.6. The average Bonchev–Trinajstić information content (AvgIpc) is 2.35. The smallest absolute Gasteiger partial charge is 0.272 e. The van der Waals surface area contributed by atoms with Crippen LogP contribution in [-0.2, 0) is 0 Å². The van der Waals surface area contributed by atoms with Gasteiger partial charge in [-0.1, -0.05) is 6.92 Å². The molecule has 0 aliphatic carbocycles. The van der Waals surface area contributed by atoms with Crippen LogP contribution < -0.4 is 11.1 Å². The van der Waals surface area contributed by atoms with E-state index in [1.54, 1.807) is 26.4 Å². The number of carbonyl (C=O) groups is 1. The van der Waals surface area contributed by atoms with Gasteiger partial charge in [-0.25, -0.2) is 0 Å². The Bertz CT molecular complexity index is 379. The summed E-state index contributed by atoms with van der Waals surface area (Å²) in [4.78, 5) is 17.3. The third-order valence-corrected chi connectivity index (χ3v) is 2.44. The summed E-state index contributed by atoms with van der Waals surface area (Å²) < 4.78 is 0. The Kier molecular flexibility index (Phi) is 4.90. The quantitative estimate of drug-likeness (QED) is 0.793. The van der Waals surface area contributed by atoms with E-state index in [-0.39, 0.29) is 5.91 Å². The lowest BCUT2D eigenvalue weighted by Crippen LogP contribution is -2.23. The number of nitrogens with zero attached hydrogens (tertiary/aromatic N) is 2. The monoisotopic (exact) mass is 236 g/mol. The van der Waals surface area contributed by atoms with Crippen molar-refractivity contribution in [1.82, 2.24) is 9.88 Å². The van der Waals surface area contributed by atoms with Crippen LogP contribution in [0.25, 0.3) is 0 Å². The second-order valence-corrected chi connectivity index (χ2v) is 4.35. The van der Waals surface area contributed by atoms with E-state index in [4.69, 9.17) is 5.73 Å². The van der Waals surface area contributed by atoms with Crippen LogP contribution >= 0.6 is 0 Å². The van der Waals surface area contributed by atoms with Crippen molar-refractivity contribution >= 4 is 11.6 Å². The molecule has 1 atom stereocenters. The maximum absolute atomic E-state index is 11.7. The summed E-state index contributed by atoms with van der Waals surface area (Å²) in [6.07, 6.45) is 1.63. The molecule has 0 spiro atoms. The molecule has 17 heavy (non-hydrogen) atoms. The van der Waals surface area contributed by atoms with Crippen molar-refractivity contribution in [2.45, 2.75) is 6.92 Å². The Balaban J connectivity index is 2.69. The molecular formula is C12H20N4O. The van der Waals surface area contributed by atoms with Gasteiger partial charge < -0.3 is 16.0 Å². The average molecular weight is 236 g/mol. The van der Waals surface area contributed by atoms with Crippen molar-refractivity contribution in [3.8, 4) is 0 Å². The van der Waals surface area contributed by atoms with Crippen LogP contribution in [0.3, 0.4) is 0 Å². The number of nitrogens with two attached hydrogens (primary N) is 1. The lowest BCUT2D eigenvalue weighted by atomic mass is 10.2. The third kappa shape index (κ3) is 4.03. The molecule has 0 aliphatic heterocycles. The Labute approximate surface area is 102 Å². The molecule has 0 aromatic carbocycles. The number of pyridine rings is 1. The van der Waals surface area contributed by atoms with Gasteiger partial charge >= 0.3 is 0 Å². The summed E-state index contributed by atoms with van der Waals surface area (Å²) in [5.41, 5.74) is 6.88. The summed E-state index contributed by atoms with van der Waals surface area (Å²) in [7, 11) is 3.42. The van der Waals surface area contributed by atoms with Gasteiger partial charge in [-0.15, -0.1) is 0 Å². The molecule has 1 amide bonds. The summed E-state index contributed by atoms with van der Waals surface area (Å²) in [5.74, 6) is 0.302. The van der Waals surface area contributed by atoms with E-state index in [1.165, 1.54) is 4.90 Å². The maximum atomic E-state index is 11.7. The van der Waals surface area contributed by atoms with Gasteiger partial charge in [0.2, 0.25) is 0 Å². The molecule has 0 fully saturated rings. The van der Waals surface area contributed by atoms with Crippen molar-refractivity contribution in [1.29, 1.82) is 0 Å². The highest BCUT2D eigenvalue weighted by atomic mass is 16.2. The topological polar surface area (TPSA) is 71.2 Å². The van der Waals surface area contributed by atoms with E-state index in [0.717, 1.165) is 12.2 Å². The van der Waals surface area contributed by atoms with E-state index in [9.17, 15) is 4.79 Å². The molecule has 1 aromatic heterocycles. The van der Waals surface area contributed by atoms with Gasteiger partial charge in [0.25, 0.3) is 5.91 Å². The first kappa shape index (κ1) is 13.4. The molecule has 0 saturated heterocycles. The zero-order chi connectivity index (χ0) is 12.8. The molecule has 94 valence electrons. The van der Waals surface area contributed by atoms with Gasteiger partial charge in [0.05, 0.1) is 0 Å². The molecule has 0 radical (unpaired) electrons. The first-order chi connectivity index (χ1) is 8.04. The SMILES string of the molecule is CC(CN)CNc1ccnc(C(=O)N(C)C)c1. The van der Waals surface area contributed by atoms with Crippen LogP contribution in [-0.4, -0.2) is 43.0 Å². The molecule has 0 aliphatic rings. The minimum atomic E-state index is -0.0967. The minimum Gasteiger partial charge on any atom is -0.385 e. The predicted octanol–water partition coefficient (Wildman–Crippen LogP) is 0.790. The summed E-state index contributed by atoms with van der Waals surface area (Å²) in [6.45, 7) is 3.50. The number of nitrogens with one attached hydrogen (secondary N) is 1. The highest BCUT2D eigenvalue weighted by molar-refractivity contribution is 5.92. The molecule has 1 rings (SSSR count). The highest BCUT2D eigenvalue weighted by Crippen LogP contribution is 2.09. The molecule has 0 saturated carbocycles. The predicted molar refractivity (Wildman–Crippen MR) is 69.0 cm³/mol. The van der Waals surface area contributed by atoms with E-state index < -0.39 is 0 Å². The molecule has 0 bridgehead atoms. The largest absolute Gasteiger partial charge is 0.385 e. The number of amides is 1.